The molecule has 0 aliphatic carbocycles. The van der Waals surface area contributed by atoms with Crippen molar-refractivity contribution in [2.24, 2.45) is 0 Å². The summed E-state index contributed by atoms with van der Waals surface area (Å²) in [6.45, 7) is 5.79. The fourth-order valence-electron chi connectivity index (χ4n) is 3.35. The van der Waals surface area contributed by atoms with Gasteiger partial charge in [-0.3, -0.25) is 20.4 Å². The Morgan fingerprint density at radius 2 is 1.44 bits per heavy atom. The van der Waals surface area contributed by atoms with Crippen molar-refractivity contribution in [2.75, 3.05) is 0 Å². The second kappa shape index (κ2) is 8.85. The Kier molecular flexibility index (Phi) is 5.81. The number of carbonyl (C=O) groups excluding carboxylic acids is 2. The van der Waals surface area contributed by atoms with Gasteiger partial charge >= 0.3 is 0 Å². The molecule has 0 aliphatic heterocycles. The zero-order valence-electron chi connectivity index (χ0n) is 18.0. The molecule has 1 aromatic heterocycles. The average Bonchev–Trinajstić information content (AvgIpc) is 3.27. The Hall–Kier alpha value is -4.26. The molecule has 2 N–H and O–H groups in total. The topological polar surface area (TPSA) is 97.1 Å². The summed E-state index contributed by atoms with van der Waals surface area (Å²) in [6, 6.07) is 20.0. The van der Waals surface area contributed by atoms with Crippen LogP contribution in [0.15, 0.2) is 71.1 Å². The predicted octanol–water partition coefficient (Wildman–Crippen LogP) is 4.40. The first-order valence-corrected chi connectivity index (χ1v) is 10.1. The Balaban J connectivity index is 1.42. The molecule has 7 nitrogen and oxygen atoms in total. The molecule has 1 heterocycles. The molecule has 0 spiro atoms. The summed E-state index contributed by atoms with van der Waals surface area (Å²) in [6.07, 6.45) is 0. The van der Waals surface area contributed by atoms with Gasteiger partial charge < -0.3 is 4.42 Å². The smallest absolute Gasteiger partial charge is 0.269 e. The number of benzene rings is 3. The van der Waals surface area contributed by atoms with Crippen molar-refractivity contribution < 1.29 is 14.0 Å². The SMILES string of the molecule is Cc1ccc(C(=O)NNC(=O)c2ccc(-c3nnc(-c4ccccc4C)o3)cc2)c(C)c1. The van der Waals surface area contributed by atoms with Gasteiger partial charge in [-0.1, -0.05) is 35.9 Å². The summed E-state index contributed by atoms with van der Waals surface area (Å²) >= 11 is 0. The Bertz CT molecular complexity index is 1290. The molecule has 4 rings (SSSR count). The first kappa shape index (κ1) is 21.0. The van der Waals surface area contributed by atoms with E-state index in [2.05, 4.69) is 21.0 Å². The lowest BCUT2D eigenvalue weighted by Gasteiger charge is -2.10. The molecule has 0 atom stereocenters. The van der Waals surface area contributed by atoms with E-state index >= 15 is 0 Å². The maximum absolute atomic E-state index is 12.4. The predicted molar refractivity (Wildman–Crippen MR) is 121 cm³/mol. The van der Waals surface area contributed by atoms with Crippen molar-refractivity contribution in [3.05, 3.63) is 94.5 Å². The number of aromatic nitrogens is 2. The first-order valence-electron chi connectivity index (χ1n) is 10.1. The molecule has 0 aliphatic rings. The van der Waals surface area contributed by atoms with Crippen LogP contribution in [0.3, 0.4) is 0 Å². The van der Waals surface area contributed by atoms with Crippen LogP contribution in [-0.2, 0) is 0 Å². The van der Waals surface area contributed by atoms with Gasteiger partial charge in [-0.25, -0.2) is 0 Å². The van der Waals surface area contributed by atoms with Crippen LogP contribution >= 0.6 is 0 Å². The standard InChI is InChI=1S/C25H22N4O3/c1-15-8-13-20(17(3)14-15)23(31)27-26-22(30)18-9-11-19(12-10-18)24-28-29-25(32-24)21-7-5-4-6-16(21)2/h4-14H,1-3H3,(H,26,30)(H,27,31). The molecule has 0 radical (unpaired) electrons. The summed E-state index contributed by atoms with van der Waals surface area (Å²) in [5, 5.41) is 8.24. The number of aryl methyl sites for hydroxylation is 3. The maximum atomic E-state index is 12.4. The van der Waals surface area contributed by atoms with Crippen LogP contribution in [0, 0.1) is 20.8 Å². The number of amides is 2. The van der Waals surface area contributed by atoms with E-state index < -0.39 is 5.91 Å². The van der Waals surface area contributed by atoms with Gasteiger partial charge in [0.2, 0.25) is 11.8 Å². The summed E-state index contributed by atoms with van der Waals surface area (Å²) in [5.41, 5.74) is 10.3. The quantitative estimate of drug-likeness (QED) is 0.471. The minimum atomic E-state index is -0.430. The van der Waals surface area contributed by atoms with Crippen LogP contribution in [0.4, 0.5) is 0 Å². The second-order valence-electron chi connectivity index (χ2n) is 7.53. The Morgan fingerprint density at radius 1 is 0.750 bits per heavy atom. The van der Waals surface area contributed by atoms with E-state index in [4.69, 9.17) is 4.42 Å². The molecule has 4 aromatic rings. The van der Waals surface area contributed by atoms with Crippen LogP contribution in [0.5, 0.6) is 0 Å². The molecule has 0 unspecified atom stereocenters. The van der Waals surface area contributed by atoms with E-state index in [-0.39, 0.29) is 5.91 Å². The average molecular weight is 426 g/mol. The highest BCUT2D eigenvalue weighted by Crippen LogP contribution is 2.26. The highest BCUT2D eigenvalue weighted by atomic mass is 16.4. The Labute approximate surface area is 185 Å². The third kappa shape index (κ3) is 4.41. The van der Waals surface area contributed by atoms with Crippen molar-refractivity contribution in [2.45, 2.75) is 20.8 Å². The number of hydrogen-bond donors (Lipinski definition) is 2. The summed E-state index contributed by atoms with van der Waals surface area (Å²) in [7, 11) is 0. The third-order valence-electron chi connectivity index (χ3n) is 5.11. The highest BCUT2D eigenvalue weighted by molar-refractivity contribution is 5.99. The van der Waals surface area contributed by atoms with Gasteiger partial charge in [0, 0.05) is 22.3 Å². The van der Waals surface area contributed by atoms with Crippen LogP contribution in [0.1, 0.15) is 37.4 Å². The Morgan fingerprint density at radius 3 is 2.16 bits per heavy atom. The van der Waals surface area contributed by atoms with Crippen LogP contribution in [0.25, 0.3) is 22.9 Å². The molecular formula is C25H22N4O3. The van der Waals surface area contributed by atoms with Crippen molar-refractivity contribution in [3.8, 4) is 22.9 Å². The van der Waals surface area contributed by atoms with Gasteiger partial charge in [0.1, 0.15) is 0 Å². The first-order chi connectivity index (χ1) is 15.4. The number of hydrazine groups is 1. The molecule has 0 saturated heterocycles. The van der Waals surface area contributed by atoms with E-state index in [0.717, 1.165) is 22.3 Å². The van der Waals surface area contributed by atoms with Gasteiger partial charge in [-0.15, -0.1) is 10.2 Å². The van der Waals surface area contributed by atoms with Crippen molar-refractivity contribution in [3.63, 3.8) is 0 Å². The summed E-state index contributed by atoms with van der Waals surface area (Å²) in [4.78, 5) is 24.8. The zero-order chi connectivity index (χ0) is 22.7. The molecule has 0 fully saturated rings. The summed E-state index contributed by atoms with van der Waals surface area (Å²) in [5.74, 6) is -0.00440. The minimum absolute atomic E-state index is 0.360. The number of carbonyl (C=O) groups is 2. The number of hydrogen-bond acceptors (Lipinski definition) is 5. The molecule has 0 bridgehead atoms. The van der Waals surface area contributed by atoms with E-state index in [1.165, 1.54) is 0 Å². The normalized spacial score (nSPS) is 10.6. The lowest BCUT2D eigenvalue weighted by Crippen LogP contribution is -2.41. The lowest BCUT2D eigenvalue weighted by atomic mass is 10.1. The molecule has 2 amide bonds. The van der Waals surface area contributed by atoms with Gasteiger partial charge in [0.25, 0.3) is 11.8 Å². The minimum Gasteiger partial charge on any atom is -0.416 e. The van der Waals surface area contributed by atoms with Gasteiger partial charge in [-0.05, 0) is 68.3 Å². The molecule has 160 valence electrons. The van der Waals surface area contributed by atoms with Gasteiger partial charge in [-0.2, -0.15) is 0 Å². The van der Waals surface area contributed by atoms with Gasteiger partial charge in [0.05, 0.1) is 0 Å². The van der Waals surface area contributed by atoms with Crippen LogP contribution in [0.2, 0.25) is 0 Å². The van der Waals surface area contributed by atoms with E-state index in [0.29, 0.717) is 28.5 Å². The van der Waals surface area contributed by atoms with E-state index in [9.17, 15) is 9.59 Å². The van der Waals surface area contributed by atoms with Crippen molar-refractivity contribution in [1.29, 1.82) is 0 Å². The number of nitrogens with one attached hydrogen (secondary N) is 2. The lowest BCUT2D eigenvalue weighted by molar-refractivity contribution is 0.0846. The van der Waals surface area contributed by atoms with E-state index in [1.807, 2.05) is 57.2 Å². The van der Waals surface area contributed by atoms with Gasteiger partial charge in [0.15, 0.2) is 0 Å². The fourth-order valence-corrected chi connectivity index (χ4v) is 3.35. The number of nitrogens with zero attached hydrogens (tertiary/aromatic N) is 2. The highest BCUT2D eigenvalue weighted by Gasteiger charge is 2.14. The van der Waals surface area contributed by atoms with Crippen LogP contribution in [-0.4, -0.2) is 22.0 Å². The molecule has 32 heavy (non-hydrogen) atoms. The molecule has 3 aromatic carbocycles. The summed E-state index contributed by atoms with van der Waals surface area (Å²) < 4.78 is 5.80. The van der Waals surface area contributed by atoms with Crippen molar-refractivity contribution >= 4 is 11.8 Å². The monoisotopic (exact) mass is 426 g/mol. The molecular weight excluding hydrogens is 404 g/mol. The van der Waals surface area contributed by atoms with Crippen molar-refractivity contribution in [1.82, 2.24) is 21.0 Å². The zero-order valence-corrected chi connectivity index (χ0v) is 18.0. The molecule has 7 heteroatoms. The van der Waals surface area contributed by atoms with E-state index in [1.54, 1.807) is 30.3 Å². The van der Waals surface area contributed by atoms with Crippen LogP contribution < -0.4 is 10.9 Å². The largest absolute Gasteiger partial charge is 0.416 e. The third-order valence-corrected chi connectivity index (χ3v) is 5.11. The number of rotatable bonds is 4. The molecule has 0 saturated carbocycles. The fraction of sp³-hybridized carbons (Fsp3) is 0.120. The maximum Gasteiger partial charge on any atom is 0.269 e. The second-order valence-corrected chi connectivity index (χ2v) is 7.53.